The summed E-state index contributed by atoms with van der Waals surface area (Å²) in [4.78, 5) is 0. The lowest BCUT2D eigenvalue weighted by atomic mass is 10.2. The Morgan fingerprint density at radius 3 is 2.61 bits per heavy atom. The molecule has 2 aromatic rings. The van der Waals surface area contributed by atoms with Crippen LogP contribution in [0.15, 0.2) is 46.9 Å². The lowest BCUT2D eigenvalue weighted by Gasteiger charge is -2.09. The van der Waals surface area contributed by atoms with Gasteiger partial charge in [0.15, 0.2) is 0 Å². The third-order valence-corrected chi connectivity index (χ3v) is 3.36. The molecule has 0 fully saturated rings. The van der Waals surface area contributed by atoms with Gasteiger partial charge < -0.3 is 9.47 Å². The molecule has 18 heavy (non-hydrogen) atoms. The van der Waals surface area contributed by atoms with Gasteiger partial charge in [0.2, 0.25) is 0 Å². The van der Waals surface area contributed by atoms with E-state index in [9.17, 15) is 4.39 Å². The van der Waals surface area contributed by atoms with E-state index in [0.29, 0.717) is 16.8 Å². The number of rotatable bonds is 4. The van der Waals surface area contributed by atoms with Crippen molar-refractivity contribution >= 4 is 15.9 Å². The minimum Gasteiger partial charge on any atom is -0.497 e. The van der Waals surface area contributed by atoms with Gasteiger partial charge >= 0.3 is 0 Å². The second-order valence-electron chi connectivity index (χ2n) is 3.68. The second kappa shape index (κ2) is 5.87. The van der Waals surface area contributed by atoms with Crippen molar-refractivity contribution in [2.45, 2.75) is 6.61 Å². The van der Waals surface area contributed by atoms with E-state index in [4.69, 9.17) is 9.47 Å². The molecule has 4 heteroatoms. The Morgan fingerprint density at radius 1 is 1.11 bits per heavy atom. The highest BCUT2D eigenvalue weighted by atomic mass is 79.9. The van der Waals surface area contributed by atoms with Crippen molar-refractivity contribution in [3.05, 3.63) is 58.3 Å². The zero-order chi connectivity index (χ0) is 13.0. The van der Waals surface area contributed by atoms with Gasteiger partial charge in [-0.05, 0) is 34.1 Å². The fourth-order valence-corrected chi connectivity index (χ4v) is 1.89. The number of ether oxygens (including phenoxy) is 2. The SMILES string of the molecule is COc1cccc(OCc2cccc(F)c2Br)c1. The van der Waals surface area contributed by atoms with Crippen LogP contribution in [0.5, 0.6) is 11.5 Å². The molecular formula is C14H12BrFO2. The maximum Gasteiger partial charge on any atom is 0.137 e. The monoisotopic (exact) mass is 310 g/mol. The van der Waals surface area contributed by atoms with Gasteiger partial charge in [0.05, 0.1) is 11.6 Å². The van der Waals surface area contributed by atoms with Gasteiger partial charge in [-0.2, -0.15) is 0 Å². The summed E-state index contributed by atoms with van der Waals surface area (Å²) in [5.74, 6) is 1.12. The molecule has 0 saturated carbocycles. The third kappa shape index (κ3) is 3.01. The van der Waals surface area contributed by atoms with Crippen LogP contribution in [-0.4, -0.2) is 7.11 Å². The fourth-order valence-electron chi connectivity index (χ4n) is 1.51. The molecule has 2 rings (SSSR count). The lowest BCUT2D eigenvalue weighted by Crippen LogP contribution is -1.98. The predicted octanol–water partition coefficient (Wildman–Crippen LogP) is 4.18. The summed E-state index contributed by atoms with van der Waals surface area (Å²) in [6, 6.07) is 12.2. The molecule has 0 bridgehead atoms. The average molecular weight is 311 g/mol. The van der Waals surface area contributed by atoms with Gasteiger partial charge in [0, 0.05) is 11.6 Å². The third-order valence-electron chi connectivity index (χ3n) is 2.47. The van der Waals surface area contributed by atoms with Crippen LogP contribution in [0, 0.1) is 5.82 Å². The van der Waals surface area contributed by atoms with Crippen molar-refractivity contribution in [2.24, 2.45) is 0 Å². The summed E-state index contributed by atoms with van der Waals surface area (Å²) in [5, 5.41) is 0. The molecule has 0 spiro atoms. The van der Waals surface area contributed by atoms with E-state index in [1.54, 1.807) is 19.2 Å². The number of halogens is 2. The Balaban J connectivity index is 2.09. The second-order valence-corrected chi connectivity index (χ2v) is 4.47. The average Bonchev–Trinajstić information content (AvgIpc) is 2.41. The minimum absolute atomic E-state index is 0.290. The molecule has 0 aromatic heterocycles. The zero-order valence-corrected chi connectivity index (χ0v) is 11.4. The van der Waals surface area contributed by atoms with Gasteiger partial charge in [0.1, 0.15) is 23.9 Å². The summed E-state index contributed by atoms with van der Waals surface area (Å²) in [6.45, 7) is 0.297. The first-order chi connectivity index (χ1) is 8.70. The molecule has 0 aliphatic rings. The molecule has 0 saturated heterocycles. The first-order valence-corrected chi connectivity index (χ1v) is 6.20. The summed E-state index contributed by atoms with van der Waals surface area (Å²) >= 11 is 3.20. The molecular weight excluding hydrogens is 299 g/mol. The van der Waals surface area contributed by atoms with Crippen molar-refractivity contribution < 1.29 is 13.9 Å². The quantitative estimate of drug-likeness (QED) is 0.843. The highest BCUT2D eigenvalue weighted by Crippen LogP contribution is 2.24. The van der Waals surface area contributed by atoms with E-state index in [1.165, 1.54) is 6.07 Å². The number of methoxy groups -OCH3 is 1. The molecule has 0 heterocycles. The highest BCUT2D eigenvalue weighted by molar-refractivity contribution is 9.10. The number of hydrogen-bond donors (Lipinski definition) is 0. The Hall–Kier alpha value is -1.55. The van der Waals surface area contributed by atoms with Crippen molar-refractivity contribution in [1.29, 1.82) is 0 Å². The van der Waals surface area contributed by atoms with Crippen molar-refractivity contribution in [2.75, 3.05) is 7.11 Å². The summed E-state index contributed by atoms with van der Waals surface area (Å²) < 4.78 is 24.4. The normalized spacial score (nSPS) is 10.2. The Labute approximate surface area is 113 Å². The molecule has 0 unspecified atom stereocenters. The van der Waals surface area contributed by atoms with Crippen molar-refractivity contribution in [3.8, 4) is 11.5 Å². The van der Waals surface area contributed by atoms with Gasteiger partial charge in [0.25, 0.3) is 0 Å². The summed E-state index contributed by atoms with van der Waals surface area (Å²) in [5.41, 5.74) is 0.762. The van der Waals surface area contributed by atoms with Gasteiger partial charge in [-0.25, -0.2) is 4.39 Å². The zero-order valence-electron chi connectivity index (χ0n) is 9.82. The molecule has 0 amide bonds. The van der Waals surface area contributed by atoms with E-state index >= 15 is 0 Å². The maximum atomic E-state index is 13.3. The van der Waals surface area contributed by atoms with Crippen LogP contribution in [0.25, 0.3) is 0 Å². The van der Waals surface area contributed by atoms with E-state index in [2.05, 4.69) is 15.9 Å². The standard InChI is InChI=1S/C14H12BrFO2/c1-17-11-5-3-6-12(8-11)18-9-10-4-2-7-13(16)14(10)15/h2-8H,9H2,1H3. The molecule has 0 aliphatic heterocycles. The molecule has 0 aliphatic carbocycles. The summed E-state index contributed by atoms with van der Waals surface area (Å²) in [6.07, 6.45) is 0. The highest BCUT2D eigenvalue weighted by Gasteiger charge is 2.06. The molecule has 2 aromatic carbocycles. The first-order valence-electron chi connectivity index (χ1n) is 5.40. The van der Waals surface area contributed by atoms with E-state index in [-0.39, 0.29) is 5.82 Å². The van der Waals surface area contributed by atoms with E-state index in [1.807, 2.05) is 24.3 Å². The Morgan fingerprint density at radius 2 is 1.83 bits per heavy atom. The van der Waals surface area contributed by atoms with Gasteiger partial charge in [-0.15, -0.1) is 0 Å². The van der Waals surface area contributed by atoms with Gasteiger partial charge in [-0.1, -0.05) is 18.2 Å². The molecule has 0 atom stereocenters. The van der Waals surface area contributed by atoms with Crippen LogP contribution in [0.4, 0.5) is 4.39 Å². The maximum absolute atomic E-state index is 13.3. The summed E-state index contributed by atoms with van der Waals surface area (Å²) in [7, 11) is 1.60. The predicted molar refractivity (Wildman–Crippen MR) is 71.4 cm³/mol. The van der Waals surface area contributed by atoms with Crippen LogP contribution in [0.1, 0.15) is 5.56 Å². The molecule has 2 nitrogen and oxygen atoms in total. The first kappa shape index (κ1) is 12.9. The van der Waals surface area contributed by atoms with Gasteiger partial charge in [-0.3, -0.25) is 0 Å². The molecule has 94 valence electrons. The Bertz CT molecular complexity index is 543. The fraction of sp³-hybridized carbons (Fsp3) is 0.143. The van der Waals surface area contributed by atoms with E-state index in [0.717, 1.165) is 11.3 Å². The van der Waals surface area contributed by atoms with E-state index < -0.39 is 0 Å². The number of hydrogen-bond acceptors (Lipinski definition) is 2. The smallest absolute Gasteiger partial charge is 0.137 e. The largest absolute Gasteiger partial charge is 0.497 e. The van der Waals surface area contributed by atoms with Crippen LogP contribution in [0.2, 0.25) is 0 Å². The molecule has 0 N–H and O–H groups in total. The Kier molecular flexibility index (Phi) is 4.20. The van der Waals surface area contributed by atoms with Crippen molar-refractivity contribution in [1.82, 2.24) is 0 Å². The number of benzene rings is 2. The molecule has 0 radical (unpaired) electrons. The van der Waals surface area contributed by atoms with Crippen LogP contribution in [0.3, 0.4) is 0 Å². The van der Waals surface area contributed by atoms with Crippen molar-refractivity contribution in [3.63, 3.8) is 0 Å². The van der Waals surface area contributed by atoms with Crippen LogP contribution < -0.4 is 9.47 Å². The lowest BCUT2D eigenvalue weighted by molar-refractivity contribution is 0.302. The minimum atomic E-state index is -0.290. The van der Waals surface area contributed by atoms with Crippen LogP contribution >= 0.6 is 15.9 Å². The topological polar surface area (TPSA) is 18.5 Å². The van der Waals surface area contributed by atoms with Crippen LogP contribution in [-0.2, 0) is 6.61 Å².